The lowest BCUT2D eigenvalue weighted by Gasteiger charge is -2.64. The number of benzene rings is 1. The molecule has 1 aliphatic heterocycles. The quantitative estimate of drug-likeness (QED) is 0.719. The van der Waals surface area contributed by atoms with Crippen molar-refractivity contribution in [3.05, 3.63) is 30.3 Å². The fraction of sp³-hybridized carbons (Fsp3) is 0.625. The van der Waals surface area contributed by atoms with Gasteiger partial charge in [0.2, 0.25) is 0 Å². The summed E-state index contributed by atoms with van der Waals surface area (Å²) < 4.78 is 12.6. The Hall–Kier alpha value is -0.795. The molecule has 2 bridgehead atoms. The smallest absolute Gasteiger partial charge is 0.402 e. The molecule has 3 saturated carbocycles. The lowest BCUT2D eigenvalue weighted by Crippen LogP contribution is -2.65. The van der Waals surface area contributed by atoms with Crippen LogP contribution in [0, 0.1) is 17.3 Å². The summed E-state index contributed by atoms with van der Waals surface area (Å²) in [6.07, 6.45) is 2.74. The Morgan fingerprint density at radius 3 is 2.53 bits per heavy atom. The molecule has 1 heterocycles. The molecule has 0 radical (unpaired) electrons. The molecule has 4 atom stereocenters. The van der Waals surface area contributed by atoms with Gasteiger partial charge in [-0.1, -0.05) is 44.2 Å². The van der Waals surface area contributed by atoms with Crippen molar-refractivity contribution in [1.82, 2.24) is 0 Å². The highest BCUT2D eigenvalue weighted by Crippen LogP contribution is 2.65. The lowest BCUT2D eigenvalue weighted by atomic mass is 9.43. The van der Waals surface area contributed by atoms with Crippen molar-refractivity contribution in [3.63, 3.8) is 0 Å². The van der Waals surface area contributed by atoms with Crippen LogP contribution in [0.15, 0.2) is 30.3 Å². The standard InChI is InChI=1S/C16H21BO2/c1-15(2)11-9-13(15)16(3)14(10-11)18-17(19-16)12-7-5-4-6-8-12/h4-8,11,13-14H,9-10H2,1-3H3/t11-,13+,14-,16+/m1/s1. The predicted molar refractivity (Wildman–Crippen MR) is 76.2 cm³/mol. The Kier molecular flexibility index (Phi) is 2.30. The summed E-state index contributed by atoms with van der Waals surface area (Å²) in [5.74, 6) is 1.45. The van der Waals surface area contributed by atoms with E-state index in [1.165, 1.54) is 6.42 Å². The van der Waals surface area contributed by atoms with E-state index in [1.807, 2.05) is 6.07 Å². The molecule has 0 spiro atoms. The van der Waals surface area contributed by atoms with E-state index in [-0.39, 0.29) is 18.8 Å². The first-order valence-corrected chi connectivity index (χ1v) is 7.40. The van der Waals surface area contributed by atoms with E-state index in [0.717, 1.165) is 17.8 Å². The van der Waals surface area contributed by atoms with Crippen LogP contribution in [0.5, 0.6) is 0 Å². The Balaban J connectivity index is 1.64. The minimum Gasteiger partial charge on any atom is -0.402 e. The van der Waals surface area contributed by atoms with E-state index < -0.39 is 0 Å². The average Bonchev–Trinajstić information content (AvgIpc) is 2.76. The van der Waals surface area contributed by atoms with Gasteiger partial charge in [-0.2, -0.15) is 0 Å². The topological polar surface area (TPSA) is 18.5 Å². The summed E-state index contributed by atoms with van der Waals surface area (Å²) in [4.78, 5) is 0. The van der Waals surface area contributed by atoms with Gasteiger partial charge in [-0.05, 0) is 42.5 Å². The van der Waals surface area contributed by atoms with E-state index in [0.29, 0.717) is 11.3 Å². The minimum atomic E-state index is -0.175. The van der Waals surface area contributed by atoms with Crippen LogP contribution in [0.2, 0.25) is 0 Å². The molecule has 1 saturated heterocycles. The molecule has 0 N–H and O–H groups in total. The third-order valence-corrected chi connectivity index (χ3v) is 6.02. The molecule has 1 aromatic rings. The van der Waals surface area contributed by atoms with Crippen LogP contribution in [0.1, 0.15) is 33.6 Å². The minimum absolute atomic E-state index is 0.0985. The Labute approximate surface area is 115 Å². The van der Waals surface area contributed by atoms with Crippen LogP contribution in [0.4, 0.5) is 0 Å². The lowest BCUT2D eigenvalue weighted by molar-refractivity contribution is -0.199. The zero-order chi connectivity index (χ0) is 13.3. The molecular weight excluding hydrogens is 235 g/mol. The van der Waals surface area contributed by atoms with Gasteiger partial charge in [0.15, 0.2) is 0 Å². The molecule has 0 amide bonds. The molecule has 0 aromatic heterocycles. The van der Waals surface area contributed by atoms with Gasteiger partial charge in [0, 0.05) is 0 Å². The van der Waals surface area contributed by atoms with Crippen LogP contribution >= 0.6 is 0 Å². The Morgan fingerprint density at radius 2 is 1.84 bits per heavy atom. The number of hydrogen-bond donors (Lipinski definition) is 0. The summed E-state index contributed by atoms with van der Waals surface area (Å²) >= 11 is 0. The number of hydrogen-bond acceptors (Lipinski definition) is 2. The predicted octanol–water partition coefficient (Wildman–Crippen LogP) is 2.62. The van der Waals surface area contributed by atoms with Crippen LogP contribution in [0.3, 0.4) is 0 Å². The highest BCUT2D eigenvalue weighted by molar-refractivity contribution is 6.62. The van der Waals surface area contributed by atoms with Gasteiger partial charge in [-0.3, -0.25) is 0 Å². The second-order valence-corrected chi connectivity index (χ2v) is 7.21. The van der Waals surface area contributed by atoms with E-state index in [9.17, 15) is 0 Å². The third kappa shape index (κ3) is 1.46. The Bertz CT molecular complexity index is 501. The maximum Gasteiger partial charge on any atom is 0.494 e. The SMILES string of the molecule is CC1(C)[C@H]2C[C@H]3OB(c4ccccc4)O[C@@]3(C)[C@H]1C2. The molecule has 5 rings (SSSR count). The molecule has 1 aromatic carbocycles. The highest BCUT2D eigenvalue weighted by Gasteiger charge is 2.67. The third-order valence-electron chi connectivity index (χ3n) is 6.02. The van der Waals surface area contributed by atoms with E-state index in [1.54, 1.807) is 0 Å². The van der Waals surface area contributed by atoms with Crippen LogP contribution in [-0.2, 0) is 9.31 Å². The van der Waals surface area contributed by atoms with Crippen molar-refractivity contribution in [1.29, 1.82) is 0 Å². The summed E-state index contributed by atoms with van der Waals surface area (Å²) in [6.45, 7) is 7.06. The van der Waals surface area contributed by atoms with Gasteiger partial charge >= 0.3 is 7.12 Å². The maximum absolute atomic E-state index is 6.40. The van der Waals surface area contributed by atoms with Crippen molar-refractivity contribution >= 4 is 12.6 Å². The fourth-order valence-electron chi connectivity index (χ4n) is 4.62. The van der Waals surface area contributed by atoms with Gasteiger partial charge in [-0.25, -0.2) is 0 Å². The van der Waals surface area contributed by atoms with Crippen molar-refractivity contribution in [2.45, 2.75) is 45.3 Å². The fourth-order valence-corrected chi connectivity index (χ4v) is 4.62. The Morgan fingerprint density at radius 1 is 1.11 bits per heavy atom. The molecule has 3 aliphatic carbocycles. The number of rotatable bonds is 1. The largest absolute Gasteiger partial charge is 0.494 e. The molecule has 2 nitrogen and oxygen atoms in total. The summed E-state index contributed by atoms with van der Waals surface area (Å²) in [5, 5.41) is 0. The van der Waals surface area contributed by atoms with Gasteiger partial charge in [0.1, 0.15) is 0 Å². The molecule has 100 valence electrons. The van der Waals surface area contributed by atoms with Crippen molar-refractivity contribution in [2.75, 3.05) is 0 Å². The van der Waals surface area contributed by atoms with Gasteiger partial charge in [0.05, 0.1) is 11.7 Å². The van der Waals surface area contributed by atoms with Gasteiger partial charge in [-0.15, -0.1) is 0 Å². The summed E-state index contributed by atoms with van der Waals surface area (Å²) in [7, 11) is -0.175. The van der Waals surface area contributed by atoms with E-state index >= 15 is 0 Å². The molecule has 3 heteroatoms. The van der Waals surface area contributed by atoms with Crippen LogP contribution in [-0.4, -0.2) is 18.8 Å². The van der Waals surface area contributed by atoms with Gasteiger partial charge < -0.3 is 9.31 Å². The molecule has 19 heavy (non-hydrogen) atoms. The molecular formula is C16H21BO2. The zero-order valence-electron chi connectivity index (χ0n) is 11.9. The van der Waals surface area contributed by atoms with Crippen molar-refractivity contribution < 1.29 is 9.31 Å². The normalized spacial score (nSPS) is 42.7. The molecule has 4 aliphatic rings. The van der Waals surface area contributed by atoms with E-state index in [4.69, 9.17) is 9.31 Å². The first-order valence-electron chi connectivity index (χ1n) is 7.40. The maximum atomic E-state index is 6.40. The molecule has 4 fully saturated rings. The van der Waals surface area contributed by atoms with E-state index in [2.05, 4.69) is 45.0 Å². The summed E-state index contributed by atoms with van der Waals surface area (Å²) in [5.41, 5.74) is 1.46. The van der Waals surface area contributed by atoms with Crippen LogP contribution < -0.4 is 5.46 Å². The second-order valence-electron chi connectivity index (χ2n) is 7.21. The van der Waals surface area contributed by atoms with Crippen LogP contribution in [0.25, 0.3) is 0 Å². The van der Waals surface area contributed by atoms with Gasteiger partial charge in [0.25, 0.3) is 0 Å². The highest BCUT2D eigenvalue weighted by atomic mass is 16.7. The molecule has 0 unspecified atom stereocenters. The zero-order valence-corrected chi connectivity index (χ0v) is 11.9. The summed E-state index contributed by atoms with van der Waals surface area (Å²) in [6, 6.07) is 10.3. The average molecular weight is 256 g/mol. The second kappa shape index (κ2) is 3.65. The first kappa shape index (κ1) is 12.0. The van der Waals surface area contributed by atoms with Crippen molar-refractivity contribution in [3.8, 4) is 0 Å². The first-order chi connectivity index (χ1) is 9.02. The van der Waals surface area contributed by atoms with Crippen molar-refractivity contribution in [2.24, 2.45) is 17.3 Å². The monoisotopic (exact) mass is 256 g/mol.